The number of hydrogen-bond donors (Lipinski definition) is 1. The molecule has 1 aliphatic heterocycles. The summed E-state index contributed by atoms with van der Waals surface area (Å²) in [5.74, 6) is -1.12. The average Bonchev–Trinajstić information content (AvgIpc) is 3.04. The largest absolute Gasteiger partial charge is 0.465 e. The summed E-state index contributed by atoms with van der Waals surface area (Å²) >= 11 is 1.24. The first-order chi connectivity index (χ1) is 13.4. The second-order valence-electron chi connectivity index (χ2n) is 6.85. The van der Waals surface area contributed by atoms with Crippen LogP contribution in [0.25, 0.3) is 11.1 Å². The third kappa shape index (κ3) is 4.76. The third-order valence-electron chi connectivity index (χ3n) is 4.45. The second-order valence-corrected chi connectivity index (χ2v) is 7.73. The highest BCUT2D eigenvalue weighted by Gasteiger charge is 2.26. The second kappa shape index (κ2) is 8.81. The van der Waals surface area contributed by atoms with Crippen LogP contribution >= 0.6 is 11.3 Å². The molecule has 1 saturated heterocycles. The fourth-order valence-electron chi connectivity index (χ4n) is 3.38. The Balaban J connectivity index is 1.78. The Morgan fingerprint density at radius 2 is 1.89 bits per heavy atom. The monoisotopic (exact) mass is 406 g/mol. The molecule has 2 atom stereocenters. The van der Waals surface area contributed by atoms with Gasteiger partial charge in [0.1, 0.15) is 16.4 Å². The van der Waals surface area contributed by atoms with Gasteiger partial charge in [-0.05, 0) is 31.5 Å². The molecule has 3 rings (SSSR count). The number of esters is 1. The minimum absolute atomic E-state index is 0.0639. The minimum atomic E-state index is -0.551. The van der Waals surface area contributed by atoms with E-state index in [2.05, 4.69) is 5.32 Å². The molecule has 1 aromatic heterocycles. The van der Waals surface area contributed by atoms with E-state index in [-0.39, 0.29) is 36.0 Å². The van der Waals surface area contributed by atoms with Crippen molar-refractivity contribution in [3.05, 3.63) is 41.0 Å². The smallest absolute Gasteiger partial charge is 0.341 e. The number of benzene rings is 1. The Morgan fingerprint density at radius 1 is 1.25 bits per heavy atom. The van der Waals surface area contributed by atoms with Crippen LogP contribution in [-0.4, -0.2) is 55.7 Å². The third-order valence-corrected chi connectivity index (χ3v) is 5.35. The highest BCUT2D eigenvalue weighted by molar-refractivity contribution is 7.15. The predicted molar refractivity (Wildman–Crippen MR) is 106 cm³/mol. The molecule has 0 saturated carbocycles. The van der Waals surface area contributed by atoms with Gasteiger partial charge < -0.3 is 14.8 Å². The number of ether oxygens (including phenoxy) is 2. The number of hydrogen-bond acceptors (Lipinski definition) is 6. The van der Waals surface area contributed by atoms with Crippen LogP contribution in [0.3, 0.4) is 0 Å². The Hall–Kier alpha value is -2.29. The summed E-state index contributed by atoms with van der Waals surface area (Å²) in [5.41, 5.74) is 1.55. The lowest BCUT2D eigenvalue weighted by molar-refractivity contribution is -0.121. The standard InChI is InChI=1S/C20H23FN2O4S/c1-12-8-23(9-13(2)27-12)10-17(24)22-19-18(20(25)26-3)16(11-28-19)14-4-6-15(21)7-5-14/h4-7,11-13H,8-10H2,1-3H3,(H,22,24)/t12-,13-/m1/s1. The number of morpholine rings is 1. The van der Waals surface area contributed by atoms with Gasteiger partial charge in [0, 0.05) is 24.0 Å². The first kappa shape index (κ1) is 20.4. The lowest BCUT2D eigenvalue weighted by atomic mass is 10.0. The van der Waals surface area contributed by atoms with E-state index >= 15 is 0 Å². The van der Waals surface area contributed by atoms with Crippen molar-refractivity contribution in [2.45, 2.75) is 26.1 Å². The average molecular weight is 406 g/mol. The van der Waals surface area contributed by atoms with Crippen molar-refractivity contribution < 1.29 is 23.5 Å². The highest BCUT2D eigenvalue weighted by atomic mass is 32.1. The number of thiophene rings is 1. The number of nitrogens with one attached hydrogen (secondary N) is 1. The quantitative estimate of drug-likeness (QED) is 0.771. The fraction of sp³-hybridized carbons (Fsp3) is 0.400. The molecule has 1 aliphatic rings. The lowest BCUT2D eigenvalue weighted by Crippen LogP contribution is -2.48. The highest BCUT2D eigenvalue weighted by Crippen LogP contribution is 2.36. The molecule has 28 heavy (non-hydrogen) atoms. The zero-order valence-electron chi connectivity index (χ0n) is 16.0. The Morgan fingerprint density at radius 3 is 2.50 bits per heavy atom. The van der Waals surface area contributed by atoms with Gasteiger partial charge in [0.05, 0.1) is 25.9 Å². The molecule has 1 N–H and O–H groups in total. The predicted octanol–water partition coefficient (Wildman–Crippen LogP) is 3.39. The fourth-order valence-corrected chi connectivity index (χ4v) is 4.35. The Labute approximate surface area is 167 Å². The molecule has 1 aromatic carbocycles. The Kier molecular flexibility index (Phi) is 6.43. The van der Waals surface area contributed by atoms with E-state index in [0.717, 1.165) is 0 Å². The van der Waals surface area contributed by atoms with E-state index in [1.165, 1.54) is 30.6 Å². The van der Waals surface area contributed by atoms with Crippen LogP contribution in [-0.2, 0) is 14.3 Å². The van der Waals surface area contributed by atoms with Crippen molar-refractivity contribution >= 4 is 28.2 Å². The molecule has 150 valence electrons. The van der Waals surface area contributed by atoms with Crippen LogP contribution in [0.2, 0.25) is 0 Å². The lowest BCUT2D eigenvalue weighted by Gasteiger charge is -2.34. The molecule has 2 heterocycles. The van der Waals surface area contributed by atoms with Crippen molar-refractivity contribution in [2.75, 3.05) is 32.1 Å². The number of halogens is 1. The van der Waals surface area contributed by atoms with E-state index < -0.39 is 5.97 Å². The van der Waals surface area contributed by atoms with Gasteiger partial charge in [-0.3, -0.25) is 9.69 Å². The number of carbonyl (C=O) groups is 2. The van der Waals surface area contributed by atoms with E-state index in [9.17, 15) is 14.0 Å². The van der Waals surface area contributed by atoms with Gasteiger partial charge in [-0.1, -0.05) is 12.1 Å². The van der Waals surface area contributed by atoms with Gasteiger partial charge in [0.15, 0.2) is 0 Å². The van der Waals surface area contributed by atoms with Gasteiger partial charge in [-0.25, -0.2) is 9.18 Å². The number of methoxy groups -OCH3 is 1. The number of anilines is 1. The normalized spacial score (nSPS) is 20.0. The molecule has 0 spiro atoms. The molecule has 8 heteroatoms. The number of rotatable bonds is 5. The van der Waals surface area contributed by atoms with Crippen LogP contribution in [0.15, 0.2) is 29.6 Å². The number of amides is 1. The molecule has 1 fully saturated rings. The molecular formula is C20H23FN2O4S. The molecular weight excluding hydrogens is 383 g/mol. The van der Waals surface area contributed by atoms with Crippen molar-refractivity contribution in [3.8, 4) is 11.1 Å². The van der Waals surface area contributed by atoms with Gasteiger partial charge in [-0.2, -0.15) is 0 Å². The van der Waals surface area contributed by atoms with Crippen LogP contribution in [0.1, 0.15) is 24.2 Å². The summed E-state index contributed by atoms with van der Waals surface area (Å²) in [7, 11) is 1.29. The summed E-state index contributed by atoms with van der Waals surface area (Å²) in [6.07, 6.45) is 0.128. The first-order valence-corrected chi connectivity index (χ1v) is 9.88. The van der Waals surface area contributed by atoms with Crippen LogP contribution < -0.4 is 5.32 Å². The molecule has 0 aliphatic carbocycles. The van der Waals surface area contributed by atoms with Crippen molar-refractivity contribution in [3.63, 3.8) is 0 Å². The molecule has 6 nitrogen and oxygen atoms in total. The van der Waals surface area contributed by atoms with Gasteiger partial charge >= 0.3 is 5.97 Å². The minimum Gasteiger partial charge on any atom is -0.465 e. The van der Waals surface area contributed by atoms with Gasteiger partial charge in [0.25, 0.3) is 0 Å². The summed E-state index contributed by atoms with van der Waals surface area (Å²) in [4.78, 5) is 26.9. The molecule has 0 bridgehead atoms. The Bertz CT molecular complexity index is 842. The van der Waals surface area contributed by atoms with Crippen molar-refractivity contribution in [1.29, 1.82) is 0 Å². The molecule has 1 amide bonds. The zero-order chi connectivity index (χ0) is 20.3. The van der Waals surface area contributed by atoms with E-state index in [4.69, 9.17) is 9.47 Å². The molecule has 0 radical (unpaired) electrons. The van der Waals surface area contributed by atoms with Crippen molar-refractivity contribution in [1.82, 2.24) is 4.90 Å². The number of carbonyl (C=O) groups excluding carboxylic acids is 2. The summed E-state index contributed by atoms with van der Waals surface area (Å²) in [6, 6.07) is 5.83. The van der Waals surface area contributed by atoms with Crippen LogP contribution in [0.4, 0.5) is 9.39 Å². The first-order valence-electron chi connectivity index (χ1n) is 9.00. The summed E-state index contributed by atoms with van der Waals surface area (Å²) < 4.78 is 23.8. The molecule has 0 unspecified atom stereocenters. The van der Waals surface area contributed by atoms with E-state index in [1.807, 2.05) is 18.7 Å². The van der Waals surface area contributed by atoms with Crippen molar-refractivity contribution in [2.24, 2.45) is 0 Å². The summed E-state index contributed by atoms with van der Waals surface area (Å²) in [6.45, 7) is 5.51. The van der Waals surface area contributed by atoms with E-state index in [1.54, 1.807) is 17.5 Å². The SMILES string of the molecule is COC(=O)c1c(-c2ccc(F)cc2)csc1NC(=O)CN1C[C@@H](C)O[C@H](C)C1. The van der Waals surface area contributed by atoms with Crippen LogP contribution in [0, 0.1) is 5.82 Å². The maximum atomic E-state index is 13.2. The molecule has 2 aromatic rings. The topological polar surface area (TPSA) is 67.9 Å². The van der Waals surface area contributed by atoms with E-state index in [0.29, 0.717) is 29.2 Å². The maximum Gasteiger partial charge on any atom is 0.341 e. The van der Waals surface area contributed by atoms with Crippen LogP contribution in [0.5, 0.6) is 0 Å². The zero-order valence-corrected chi connectivity index (χ0v) is 16.8. The maximum absolute atomic E-state index is 13.2. The van der Waals surface area contributed by atoms with Gasteiger partial charge in [0.2, 0.25) is 5.91 Å². The number of nitrogens with zero attached hydrogens (tertiary/aromatic N) is 1. The van der Waals surface area contributed by atoms with Gasteiger partial charge in [-0.15, -0.1) is 11.3 Å². The summed E-state index contributed by atoms with van der Waals surface area (Å²) in [5, 5.41) is 5.01.